The molecule has 1 N–H and O–H groups in total. The van der Waals surface area contributed by atoms with Crippen LogP contribution in [0.3, 0.4) is 0 Å². The third-order valence-corrected chi connectivity index (χ3v) is 2.88. The molecule has 0 amide bonds. The smallest absolute Gasteiger partial charge is 0.234 e. The summed E-state index contributed by atoms with van der Waals surface area (Å²) in [4.78, 5) is 4.17. The van der Waals surface area contributed by atoms with Crippen molar-refractivity contribution >= 4 is 0 Å². The number of rotatable bonds is 2. The number of nitrogens with zero attached hydrogens (tertiary/aromatic N) is 2. The Bertz CT molecular complexity index is 524. The minimum atomic E-state index is -0.200. The van der Waals surface area contributed by atoms with Gasteiger partial charge >= 0.3 is 0 Å². The summed E-state index contributed by atoms with van der Waals surface area (Å²) in [5.74, 6) is 1.80. The van der Waals surface area contributed by atoms with E-state index < -0.39 is 0 Å². The minimum absolute atomic E-state index is 0.0627. The van der Waals surface area contributed by atoms with Crippen LogP contribution in [0.5, 0.6) is 5.75 Å². The number of para-hydroxylation sites is 1. The lowest BCUT2D eigenvalue weighted by molar-refractivity contribution is 0.251. The van der Waals surface area contributed by atoms with Crippen LogP contribution in [-0.2, 0) is 6.61 Å². The van der Waals surface area contributed by atoms with Gasteiger partial charge in [0.15, 0.2) is 5.82 Å². The molecule has 3 rings (SSSR count). The number of aromatic nitrogens is 2. The maximum absolute atomic E-state index is 8.93. The van der Waals surface area contributed by atoms with Crippen LogP contribution in [0.15, 0.2) is 28.8 Å². The third kappa shape index (κ3) is 1.78. The van der Waals surface area contributed by atoms with Crippen LogP contribution in [0.2, 0.25) is 0 Å². The Hall–Kier alpha value is -1.88. The zero-order chi connectivity index (χ0) is 11.7. The molecule has 17 heavy (non-hydrogen) atoms. The van der Waals surface area contributed by atoms with Gasteiger partial charge in [-0.2, -0.15) is 4.98 Å². The van der Waals surface area contributed by atoms with Gasteiger partial charge in [0.25, 0.3) is 0 Å². The minimum Gasteiger partial charge on any atom is -0.493 e. The topological polar surface area (TPSA) is 68.4 Å². The highest BCUT2D eigenvalue weighted by Crippen LogP contribution is 2.36. The Morgan fingerprint density at radius 1 is 1.35 bits per heavy atom. The summed E-state index contributed by atoms with van der Waals surface area (Å²) in [5.41, 5.74) is 1.06. The predicted octanol–water partition coefficient (Wildman–Crippen LogP) is 1.48. The van der Waals surface area contributed by atoms with E-state index >= 15 is 0 Å². The summed E-state index contributed by atoms with van der Waals surface area (Å²) in [7, 11) is 0. The molecule has 1 aromatic carbocycles. The van der Waals surface area contributed by atoms with Gasteiger partial charge in [-0.15, -0.1) is 0 Å². The Balaban J connectivity index is 1.99. The van der Waals surface area contributed by atoms with Crippen molar-refractivity contribution in [1.29, 1.82) is 0 Å². The fraction of sp³-hybridized carbons (Fsp3) is 0.333. The molecule has 1 atom stereocenters. The quantitative estimate of drug-likeness (QED) is 0.849. The van der Waals surface area contributed by atoms with Crippen LogP contribution in [-0.4, -0.2) is 21.9 Å². The van der Waals surface area contributed by atoms with E-state index in [2.05, 4.69) is 10.1 Å². The summed E-state index contributed by atoms with van der Waals surface area (Å²) < 4.78 is 10.7. The first kappa shape index (κ1) is 10.3. The van der Waals surface area contributed by atoms with Crippen molar-refractivity contribution in [2.24, 2.45) is 0 Å². The van der Waals surface area contributed by atoms with Gasteiger partial charge in [-0.25, -0.2) is 0 Å². The molecule has 1 aliphatic heterocycles. The molecule has 1 aromatic heterocycles. The van der Waals surface area contributed by atoms with Gasteiger partial charge in [-0.3, -0.25) is 0 Å². The summed E-state index contributed by atoms with van der Waals surface area (Å²) in [6.07, 6.45) is 0.810. The van der Waals surface area contributed by atoms with Crippen molar-refractivity contribution in [2.75, 3.05) is 6.61 Å². The second-order valence-electron chi connectivity index (χ2n) is 3.93. The summed E-state index contributed by atoms with van der Waals surface area (Å²) in [5, 5.41) is 12.6. The lowest BCUT2D eigenvalue weighted by atomic mass is 9.93. The van der Waals surface area contributed by atoms with Crippen molar-refractivity contribution in [1.82, 2.24) is 10.1 Å². The number of aliphatic hydroxyl groups is 1. The monoisotopic (exact) mass is 232 g/mol. The fourth-order valence-electron chi connectivity index (χ4n) is 2.07. The van der Waals surface area contributed by atoms with Crippen LogP contribution in [0.1, 0.15) is 29.6 Å². The maximum atomic E-state index is 8.93. The number of hydrogen-bond donors (Lipinski definition) is 1. The first-order valence-electron chi connectivity index (χ1n) is 5.53. The molecule has 1 unspecified atom stereocenters. The van der Waals surface area contributed by atoms with E-state index in [1.807, 2.05) is 24.3 Å². The summed E-state index contributed by atoms with van der Waals surface area (Å²) in [6, 6.07) is 7.84. The molecule has 0 spiro atoms. The SMILES string of the molecule is OCc1noc(C2CCOc3ccccc32)n1. The van der Waals surface area contributed by atoms with E-state index in [-0.39, 0.29) is 12.5 Å². The number of hydrogen-bond acceptors (Lipinski definition) is 5. The number of aliphatic hydroxyl groups excluding tert-OH is 1. The predicted molar refractivity (Wildman–Crippen MR) is 58.6 cm³/mol. The fourth-order valence-corrected chi connectivity index (χ4v) is 2.07. The van der Waals surface area contributed by atoms with Crippen molar-refractivity contribution in [3.8, 4) is 5.75 Å². The third-order valence-electron chi connectivity index (χ3n) is 2.88. The molecule has 5 heteroatoms. The second-order valence-corrected chi connectivity index (χ2v) is 3.93. The van der Waals surface area contributed by atoms with E-state index in [1.54, 1.807) is 0 Å². The van der Waals surface area contributed by atoms with Crippen molar-refractivity contribution in [3.63, 3.8) is 0 Å². The van der Waals surface area contributed by atoms with Gasteiger partial charge in [0.2, 0.25) is 5.89 Å². The average molecular weight is 232 g/mol. The van der Waals surface area contributed by atoms with E-state index in [9.17, 15) is 0 Å². The Morgan fingerprint density at radius 3 is 3.06 bits per heavy atom. The Morgan fingerprint density at radius 2 is 2.24 bits per heavy atom. The molecular weight excluding hydrogens is 220 g/mol. The molecule has 0 bridgehead atoms. The normalized spacial score (nSPS) is 18.5. The summed E-state index contributed by atoms with van der Waals surface area (Å²) >= 11 is 0. The van der Waals surface area contributed by atoms with Gasteiger partial charge < -0.3 is 14.4 Å². The molecule has 0 saturated heterocycles. The van der Waals surface area contributed by atoms with Crippen molar-refractivity contribution in [2.45, 2.75) is 18.9 Å². The second kappa shape index (κ2) is 4.18. The van der Waals surface area contributed by atoms with Gasteiger partial charge in [0.05, 0.1) is 12.5 Å². The van der Waals surface area contributed by atoms with E-state index in [0.717, 1.165) is 17.7 Å². The molecule has 0 saturated carbocycles. The van der Waals surface area contributed by atoms with Crippen LogP contribution >= 0.6 is 0 Å². The molecule has 0 radical (unpaired) electrons. The van der Waals surface area contributed by atoms with E-state index in [0.29, 0.717) is 18.3 Å². The lowest BCUT2D eigenvalue weighted by Gasteiger charge is -2.22. The van der Waals surface area contributed by atoms with Crippen molar-refractivity contribution in [3.05, 3.63) is 41.5 Å². The van der Waals surface area contributed by atoms with Crippen molar-refractivity contribution < 1.29 is 14.4 Å². The largest absolute Gasteiger partial charge is 0.493 e. The number of benzene rings is 1. The highest BCUT2D eigenvalue weighted by molar-refractivity contribution is 5.40. The van der Waals surface area contributed by atoms with Gasteiger partial charge in [-0.05, 0) is 12.5 Å². The van der Waals surface area contributed by atoms with Gasteiger partial charge in [0.1, 0.15) is 12.4 Å². The molecule has 88 valence electrons. The van der Waals surface area contributed by atoms with Crippen LogP contribution in [0.4, 0.5) is 0 Å². The molecule has 0 aliphatic carbocycles. The maximum Gasteiger partial charge on any atom is 0.234 e. The Kier molecular flexibility index (Phi) is 2.53. The van der Waals surface area contributed by atoms with Gasteiger partial charge in [-0.1, -0.05) is 23.4 Å². The van der Waals surface area contributed by atoms with E-state index in [1.165, 1.54) is 0 Å². The first-order chi connectivity index (χ1) is 8.38. The Labute approximate surface area is 98.0 Å². The van der Waals surface area contributed by atoms with Crippen LogP contribution in [0, 0.1) is 0 Å². The van der Waals surface area contributed by atoms with Crippen LogP contribution in [0.25, 0.3) is 0 Å². The standard InChI is InChI=1S/C12H12N2O3/c15-7-11-13-12(17-14-11)9-5-6-16-10-4-2-1-3-8(9)10/h1-4,9,15H,5-7H2. The zero-order valence-corrected chi connectivity index (χ0v) is 9.17. The summed E-state index contributed by atoms with van der Waals surface area (Å²) in [6.45, 7) is 0.437. The average Bonchev–Trinajstić information content (AvgIpc) is 2.87. The molecular formula is C12H12N2O3. The molecule has 5 nitrogen and oxygen atoms in total. The number of fused-ring (bicyclic) bond motifs is 1. The van der Waals surface area contributed by atoms with Crippen LogP contribution < -0.4 is 4.74 Å². The van der Waals surface area contributed by atoms with Gasteiger partial charge in [0, 0.05) is 5.56 Å². The molecule has 0 fully saturated rings. The first-order valence-corrected chi connectivity index (χ1v) is 5.53. The molecule has 2 heterocycles. The molecule has 1 aliphatic rings. The number of ether oxygens (including phenoxy) is 1. The molecule has 2 aromatic rings. The van der Waals surface area contributed by atoms with E-state index in [4.69, 9.17) is 14.4 Å². The highest BCUT2D eigenvalue weighted by atomic mass is 16.5. The highest BCUT2D eigenvalue weighted by Gasteiger charge is 2.27. The zero-order valence-electron chi connectivity index (χ0n) is 9.17. The lowest BCUT2D eigenvalue weighted by Crippen LogP contribution is -2.15.